The summed E-state index contributed by atoms with van der Waals surface area (Å²) >= 11 is 1.35. The molecule has 2 amide bonds. The number of aromatic nitrogens is 3. The van der Waals surface area contributed by atoms with Gasteiger partial charge in [-0.1, -0.05) is 18.2 Å². The number of benzene rings is 1. The minimum absolute atomic E-state index is 0.103. The number of rotatable bonds is 4. The Balaban J connectivity index is 1.46. The zero-order valence-corrected chi connectivity index (χ0v) is 17.8. The quantitative estimate of drug-likeness (QED) is 0.516. The molecule has 32 heavy (non-hydrogen) atoms. The van der Waals surface area contributed by atoms with Crippen molar-refractivity contribution in [3.63, 3.8) is 0 Å². The minimum Gasteiger partial charge on any atom is -0.368 e. The van der Waals surface area contributed by atoms with Gasteiger partial charge in [0.25, 0.3) is 11.8 Å². The second-order valence-corrected chi connectivity index (χ2v) is 8.15. The van der Waals surface area contributed by atoms with E-state index >= 15 is 0 Å². The molecule has 1 atom stereocenters. The number of thiazole rings is 1. The van der Waals surface area contributed by atoms with Crippen LogP contribution >= 0.6 is 11.3 Å². The fourth-order valence-corrected chi connectivity index (χ4v) is 4.21. The second kappa shape index (κ2) is 8.81. The molecule has 160 valence electrons. The molecule has 0 radical (unpaired) electrons. The third-order valence-corrected chi connectivity index (χ3v) is 5.91. The highest BCUT2D eigenvalue weighted by atomic mass is 32.1. The van der Waals surface area contributed by atoms with Crippen LogP contribution in [0.4, 0.5) is 5.13 Å². The summed E-state index contributed by atoms with van der Waals surface area (Å²) in [6.45, 7) is 1.20. The lowest BCUT2D eigenvalue weighted by atomic mass is 10.0. The van der Waals surface area contributed by atoms with Crippen molar-refractivity contribution in [3.05, 3.63) is 83.3 Å². The fourth-order valence-electron chi connectivity index (χ4n) is 3.68. The minimum atomic E-state index is -0.444. The van der Waals surface area contributed by atoms with E-state index in [-0.39, 0.29) is 11.8 Å². The van der Waals surface area contributed by atoms with Crippen LogP contribution in [0.1, 0.15) is 32.5 Å². The van der Waals surface area contributed by atoms with E-state index in [0.29, 0.717) is 47.2 Å². The van der Waals surface area contributed by atoms with Crippen LogP contribution in [0.3, 0.4) is 0 Å². The SMILES string of the molecule is O=C(Nc1nccs1)c1cc([C@H]2CN(C(=O)c3cccnc3)CCO2)nc2ccccc12. The van der Waals surface area contributed by atoms with Gasteiger partial charge in [-0.3, -0.25) is 19.9 Å². The summed E-state index contributed by atoms with van der Waals surface area (Å²) < 4.78 is 5.96. The maximum atomic E-state index is 13.0. The van der Waals surface area contributed by atoms with E-state index < -0.39 is 6.10 Å². The van der Waals surface area contributed by atoms with Crippen molar-refractivity contribution in [2.45, 2.75) is 6.10 Å². The van der Waals surface area contributed by atoms with Gasteiger partial charge in [0, 0.05) is 35.9 Å². The van der Waals surface area contributed by atoms with Crippen LogP contribution in [0.2, 0.25) is 0 Å². The molecular formula is C23H19N5O3S. The Morgan fingerprint density at radius 2 is 2.06 bits per heavy atom. The smallest absolute Gasteiger partial charge is 0.258 e. The average molecular weight is 446 g/mol. The Hall–Kier alpha value is -3.69. The Morgan fingerprint density at radius 1 is 1.16 bits per heavy atom. The van der Waals surface area contributed by atoms with Crippen molar-refractivity contribution >= 4 is 39.2 Å². The van der Waals surface area contributed by atoms with E-state index in [1.807, 2.05) is 24.3 Å². The van der Waals surface area contributed by atoms with Crippen molar-refractivity contribution in [3.8, 4) is 0 Å². The van der Waals surface area contributed by atoms with Crippen LogP contribution in [0, 0.1) is 0 Å². The molecule has 8 nitrogen and oxygen atoms in total. The van der Waals surface area contributed by atoms with E-state index in [4.69, 9.17) is 9.72 Å². The Morgan fingerprint density at radius 3 is 2.88 bits per heavy atom. The number of hydrogen-bond donors (Lipinski definition) is 1. The number of anilines is 1. The van der Waals surface area contributed by atoms with Crippen LogP contribution in [0.25, 0.3) is 10.9 Å². The van der Waals surface area contributed by atoms with Crippen LogP contribution in [-0.2, 0) is 4.74 Å². The van der Waals surface area contributed by atoms with Crippen LogP contribution in [0.15, 0.2) is 66.4 Å². The zero-order valence-electron chi connectivity index (χ0n) is 17.0. The predicted octanol–water partition coefficient (Wildman–Crippen LogP) is 3.55. The Labute approximate surface area is 187 Å². The van der Waals surface area contributed by atoms with Crippen LogP contribution < -0.4 is 5.32 Å². The third kappa shape index (κ3) is 4.08. The lowest BCUT2D eigenvalue weighted by Gasteiger charge is -2.33. The van der Waals surface area contributed by atoms with Crippen molar-refractivity contribution in [2.75, 3.05) is 25.0 Å². The normalized spacial score (nSPS) is 16.1. The molecule has 0 unspecified atom stereocenters. The number of morpholine rings is 1. The maximum absolute atomic E-state index is 13.0. The number of fused-ring (bicyclic) bond motifs is 1. The highest BCUT2D eigenvalue weighted by Crippen LogP contribution is 2.27. The number of hydrogen-bond acceptors (Lipinski definition) is 7. The first kappa shape index (κ1) is 20.2. The van der Waals surface area contributed by atoms with E-state index in [1.54, 1.807) is 47.1 Å². The molecule has 5 rings (SSSR count). The molecule has 1 fully saturated rings. The first-order valence-electron chi connectivity index (χ1n) is 10.1. The Bertz CT molecular complexity index is 1260. The van der Waals surface area contributed by atoms with E-state index in [2.05, 4.69) is 15.3 Å². The molecule has 1 saturated heterocycles. The molecule has 1 aliphatic heterocycles. The zero-order chi connectivity index (χ0) is 21.9. The van der Waals surface area contributed by atoms with Crippen LogP contribution in [0.5, 0.6) is 0 Å². The van der Waals surface area contributed by atoms with Gasteiger partial charge >= 0.3 is 0 Å². The van der Waals surface area contributed by atoms with Gasteiger partial charge < -0.3 is 9.64 Å². The standard InChI is InChI=1S/C23H19N5O3S/c29-21(27-23-25-8-11-32-23)17-12-19(26-18-6-2-1-5-16(17)18)20-14-28(9-10-31-20)22(30)15-4-3-7-24-13-15/h1-8,11-13,20H,9-10,14H2,(H,25,27,29)/t20-/m1/s1. The molecule has 1 N–H and O–H groups in total. The third-order valence-electron chi connectivity index (χ3n) is 5.23. The average Bonchev–Trinajstić information content (AvgIpc) is 3.36. The lowest BCUT2D eigenvalue weighted by Crippen LogP contribution is -2.42. The summed E-state index contributed by atoms with van der Waals surface area (Å²) in [5, 5.41) is 5.91. The Kier molecular flexibility index (Phi) is 5.57. The fraction of sp³-hybridized carbons (Fsp3) is 0.174. The number of amides is 2. The van der Waals surface area contributed by atoms with E-state index in [1.165, 1.54) is 11.3 Å². The number of carbonyl (C=O) groups excluding carboxylic acids is 2. The number of ether oxygens (including phenoxy) is 1. The van der Waals surface area contributed by atoms with E-state index in [9.17, 15) is 9.59 Å². The number of nitrogens with one attached hydrogen (secondary N) is 1. The van der Waals surface area contributed by atoms with Gasteiger partial charge in [-0.2, -0.15) is 0 Å². The van der Waals surface area contributed by atoms with Gasteiger partial charge in [0.1, 0.15) is 6.10 Å². The van der Waals surface area contributed by atoms with Gasteiger partial charge in [0.15, 0.2) is 5.13 Å². The molecule has 0 saturated carbocycles. The van der Waals surface area contributed by atoms with Gasteiger partial charge in [-0.15, -0.1) is 11.3 Å². The summed E-state index contributed by atoms with van der Waals surface area (Å²) in [4.78, 5) is 40.5. The monoisotopic (exact) mass is 445 g/mol. The van der Waals surface area contributed by atoms with Gasteiger partial charge in [0.2, 0.25) is 0 Å². The molecule has 0 aliphatic carbocycles. The number of nitrogens with zero attached hydrogens (tertiary/aromatic N) is 4. The molecule has 1 aliphatic rings. The summed E-state index contributed by atoms with van der Waals surface area (Å²) in [7, 11) is 0. The largest absolute Gasteiger partial charge is 0.368 e. The van der Waals surface area contributed by atoms with Gasteiger partial charge in [-0.05, 0) is 24.3 Å². The first-order valence-corrected chi connectivity index (χ1v) is 11.0. The topological polar surface area (TPSA) is 97.3 Å². The van der Waals surface area contributed by atoms with Crippen molar-refractivity contribution in [2.24, 2.45) is 0 Å². The first-order chi connectivity index (χ1) is 15.7. The lowest BCUT2D eigenvalue weighted by molar-refractivity contribution is -0.0246. The van der Waals surface area contributed by atoms with Gasteiger partial charge in [-0.25, -0.2) is 9.97 Å². The van der Waals surface area contributed by atoms with Crippen molar-refractivity contribution in [1.82, 2.24) is 19.9 Å². The summed E-state index contributed by atoms with van der Waals surface area (Å²) in [6.07, 6.45) is 4.39. The predicted molar refractivity (Wildman–Crippen MR) is 121 cm³/mol. The number of carbonyl (C=O) groups is 2. The molecule has 0 spiro atoms. The van der Waals surface area contributed by atoms with E-state index in [0.717, 1.165) is 5.39 Å². The molecule has 4 heterocycles. The molecular weight excluding hydrogens is 426 g/mol. The maximum Gasteiger partial charge on any atom is 0.258 e. The van der Waals surface area contributed by atoms with Crippen molar-refractivity contribution in [1.29, 1.82) is 0 Å². The molecule has 1 aromatic carbocycles. The highest BCUT2D eigenvalue weighted by molar-refractivity contribution is 7.13. The number of pyridine rings is 2. The van der Waals surface area contributed by atoms with Crippen LogP contribution in [-0.4, -0.2) is 51.4 Å². The molecule has 4 aromatic rings. The summed E-state index contributed by atoms with van der Waals surface area (Å²) in [5.74, 6) is -0.368. The second-order valence-electron chi connectivity index (χ2n) is 7.26. The van der Waals surface area contributed by atoms with Gasteiger partial charge in [0.05, 0.1) is 35.5 Å². The molecule has 0 bridgehead atoms. The van der Waals surface area contributed by atoms with Crippen molar-refractivity contribution < 1.29 is 14.3 Å². The molecule has 9 heteroatoms. The number of para-hydroxylation sites is 1. The summed E-state index contributed by atoms with van der Waals surface area (Å²) in [6, 6.07) is 12.7. The summed E-state index contributed by atoms with van der Waals surface area (Å²) in [5.41, 5.74) is 2.31. The molecule has 3 aromatic heterocycles. The highest BCUT2D eigenvalue weighted by Gasteiger charge is 2.28.